The number of methoxy groups -OCH3 is 2. The Hall–Kier alpha value is -4.13. The highest BCUT2D eigenvalue weighted by atomic mass is 16.5. The van der Waals surface area contributed by atoms with Crippen LogP contribution in [0, 0.1) is 0 Å². The van der Waals surface area contributed by atoms with Crippen molar-refractivity contribution in [1.82, 2.24) is 10.7 Å². The summed E-state index contributed by atoms with van der Waals surface area (Å²) in [7, 11) is 3.17. The lowest BCUT2D eigenvalue weighted by atomic mass is 10.00. The van der Waals surface area contributed by atoms with Crippen LogP contribution >= 0.6 is 0 Å². The zero-order valence-electron chi connectivity index (χ0n) is 17.8. The van der Waals surface area contributed by atoms with Crippen LogP contribution < -0.4 is 20.2 Å². The topological polar surface area (TPSA) is 79.7 Å². The van der Waals surface area contributed by atoms with Crippen molar-refractivity contribution in [3.05, 3.63) is 95.6 Å². The molecule has 1 fully saturated rings. The third kappa shape index (κ3) is 4.46. The summed E-state index contributed by atoms with van der Waals surface area (Å²) in [5.41, 5.74) is 5.07. The first kappa shape index (κ1) is 21.1. The molecule has 3 aromatic carbocycles. The summed E-state index contributed by atoms with van der Waals surface area (Å²) in [6.07, 6.45) is 1.83. The third-order valence-corrected chi connectivity index (χ3v) is 5.30. The Morgan fingerprint density at radius 1 is 0.938 bits per heavy atom. The fraction of sp³-hybridized carbons (Fsp3) is 0.160. The molecule has 7 nitrogen and oxygen atoms in total. The molecule has 0 unspecified atom stereocenters. The van der Waals surface area contributed by atoms with Crippen molar-refractivity contribution in [3.8, 4) is 11.5 Å². The van der Waals surface area contributed by atoms with Crippen molar-refractivity contribution < 1.29 is 23.7 Å². The van der Waals surface area contributed by atoms with Gasteiger partial charge in [0.25, 0.3) is 5.91 Å². The van der Waals surface area contributed by atoms with E-state index in [0.29, 0.717) is 17.1 Å². The zero-order valence-corrected chi connectivity index (χ0v) is 17.8. The van der Waals surface area contributed by atoms with Crippen LogP contribution in [0.1, 0.15) is 27.5 Å². The van der Waals surface area contributed by atoms with Crippen LogP contribution in [0.25, 0.3) is 0 Å². The summed E-state index contributed by atoms with van der Waals surface area (Å²) in [5, 5.41) is 2.89. The normalized spacial score (nSPS) is 18.8. The molecule has 0 aromatic heterocycles. The smallest absolute Gasteiger partial charge is 0.304 e. The van der Waals surface area contributed by atoms with Crippen molar-refractivity contribution in [1.29, 1.82) is 0 Å². The number of carbonyl (C=O) groups excluding carboxylic acids is 2. The van der Waals surface area contributed by atoms with Gasteiger partial charge in [-0.25, -0.2) is 0 Å². The van der Waals surface area contributed by atoms with Gasteiger partial charge in [0.2, 0.25) is 12.3 Å². The van der Waals surface area contributed by atoms with E-state index in [4.69, 9.17) is 9.47 Å². The van der Waals surface area contributed by atoms with Crippen LogP contribution in [0.4, 0.5) is 0 Å². The van der Waals surface area contributed by atoms with Crippen LogP contribution in [-0.2, 0) is 4.79 Å². The van der Waals surface area contributed by atoms with Gasteiger partial charge in [0.15, 0.2) is 6.04 Å². The molecule has 2 amide bonds. The van der Waals surface area contributed by atoms with E-state index >= 15 is 0 Å². The van der Waals surface area contributed by atoms with E-state index in [-0.39, 0.29) is 11.8 Å². The quantitative estimate of drug-likeness (QED) is 0.590. The predicted molar refractivity (Wildman–Crippen MR) is 120 cm³/mol. The lowest BCUT2D eigenvalue weighted by Crippen LogP contribution is -2.42. The number of hydrogen-bond acceptors (Lipinski definition) is 4. The van der Waals surface area contributed by atoms with E-state index in [0.717, 1.165) is 11.1 Å². The van der Waals surface area contributed by atoms with Crippen molar-refractivity contribution in [2.24, 2.45) is 0 Å². The lowest BCUT2D eigenvalue weighted by Gasteiger charge is -2.15. The Labute approximate surface area is 186 Å². The zero-order chi connectivity index (χ0) is 22.5. The minimum Gasteiger partial charge on any atom is -0.497 e. The molecule has 1 aliphatic heterocycles. The number of nitrogens with one attached hydrogen (secondary N) is 2. The predicted octanol–water partition coefficient (Wildman–Crippen LogP) is 2.72. The number of hydrogen-bond donors (Lipinski definition) is 2. The van der Waals surface area contributed by atoms with Gasteiger partial charge in [0.1, 0.15) is 11.5 Å². The van der Waals surface area contributed by atoms with Crippen LogP contribution in [0.15, 0.2) is 78.9 Å². The second-order valence-electron chi connectivity index (χ2n) is 7.32. The summed E-state index contributed by atoms with van der Waals surface area (Å²) in [6.45, 7) is 0. The molecule has 3 aromatic rings. The number of hydrazine groups is 1. The molecular weight excluding hydrogens is 406 g/mol. The van der Waals surface area contributed by atoms with Gasteiger partial charge in [0.05, 0.1) is 14.2 Å². The van der Waals surface area contributed by atoms with Crippen LogP contribution in [0.3, 0.4) is 0 Å². The molecule has 0 bridgehead atoms. The molecule has 1 heterocycles. The minimum atomic E-state index is -0.783. The van der Waals surface area contributed by atoms with Crippen molar-refractivity contribution in [3.63, 3.8) is 0 Å². The fourth-order valence-electron chi connectivity index (χ4n) is 3.68. The van der Waals surface area contributed by atoms with E-state index in [1.165, 1.54) is 0 Å². The number of nitrogens with zero attached hydrogens (tertiary/aromatic N) is 1. The number of benzene rings is 3. The van der Waals surface area contributed by atoms with Gasteiger partial charge in [-0.3, -0.25) is 9.59 Å². The number of amides is 2. The summed E-state index contributed by atoms with van der Waals surface area (Å²) < 4.78 is 12.2. The second-order valence-corrected chi connectivity index (χ2v) is 7.32. The maximum absolute atomic E-state index is 12.9. The molecule has 0 saturated carbocycles. The van der Waals surface area contributed by atoms with Gasteiger partial charge in [0, 0.05) is 16.7 Å². The van der Waals surface area contributed by atoms with E-state index in [1.54, 1.807) is 43.2 Å². The standard InChI is InChI=1S/C25H23N3O4/c1-31-20-13-11-19(12-14-20)24(29)26-22-23(18-8-4-3-5-9-18)28(27-25(22)30)16-17-7-6-10-21(15-17)32-2/h3-16,22-23H,1-2H3,(H-,26,27,29,30)/p+1/b28-16-/t22-,23-/m1/s1. The largest absolute Gasteiger partial charge is 0.497 e. The van der Waals surface area contributed by atoms with Gasteiger partial charge in [-0.1, -0.05) is 36.4 Å². The molecule has 1 aliphatic rings. The first-order chi connectivity index (χ1) is 15.6. The first-order valence-electron chi connectivity index (χ1n) is 10.2. The molecule has 1 saturated heterocycles. The van der Waals surface area contributed by atoms with E-state index in [9.17, 15) is 9.59 Å². The Morgan fingerprint density at radius 2 is 1.66 bits per heavy atom. The van der Waals surface area contributed by atoms with Gasteiger partial charge < -0.3 is 14.8 Å². The molecule has 4 rings (SSSR count). The second kappa shape index (κ2) is 9.34. The van der Waals surface area contributed by atoms with Gasteiger partial charge >= 0.3 is 5.91 Å². The van der Waals surface area contributed by atoms with Crippen molar-refractivity contribution in [2.75, 3.05) is 14.2 Å². The molecule has 0 radical (unpaired) electrons. The first-order valence-corrected chi connectivity index (χ1v) is 10.2. The molecule has 7 heteroatoms. The fourth-order valence-corrected chi connectivity index (χ4v) is 3.68. The summed E-state index contributed by atoms with van der Waals surface area (Å²) in [5.74, 6) is 0.739. The van der Waals surface area contributed by atoms with E-state index in [1.807, 2.05) is 60.8 Å². The molecule has 162 valence electrons. The Kier molecular flexibility index (Phi) is 6.17. The number of rotatable bonds is 6. The monoisotopic (exact) mass is 430 g/mol. The van der Waals surface area contributed by atoms with Gasteiger partial charge in [-0.05, 0) is 42.5 Å². The highest BCUT2D eigenvalue weighted by Crippen LogP contribution is 2.26. The molecular formula is C25H24N3O4+. The molecule has 0 aliphatic carbocycles. The third-order valence-electron chi connectivity index (χ3n) is 5.30. The number of ether oxygens (including phenoxy) is 2. The summed E-state index contributed by atoms with van der Waals surface area (Å²) in [4.78, 5) is 25.8. The van der Waals surface area contributed by atoms with Gasteiger partial charge in [-0.2, -0.15) is 0 Å². The molecule has 2 N–H and O–H groups in total. The average Bonchev–Trinajstić information content (AvgIpc) is 3.13. The maximum atomic E-state index is 12.9. The van der Waals surface area contributed by atoms with Crippen LogP contribution in [-0.4, -0.2) is 43.0 Å². The van der Waals surface area contributed by atoms with Gasteiger partial charge in [-0.15, -0.1) is 10.1 Å². The Balaban J connectivity index is 1.66. The van der Waals surface area contributed by atoms with Crippen LogP contribution in [0.2, 0.25) is 0 Å². The van der Waals surface area contributed by atoms with Crippen molar-refractivity contribution in [2.45, 2.75) is 12.1 Å². The Morgan fingerprint density at radius 3 is 2.34 bits per heavy atom. The van der Waals surface area contributed by atoms with Crippen molar-refractivity contribution >= 4 is 18.0 Å². The lowest BCUT2D eigenvalue weighted by molar-refractivity contribution is -0.596. The Bertz CT molecular complexity index is 1140. The highest BCUT2D eigenvalue weighted by Gasteiger charge is 2.47. The van der Waals surface area contributed by atoms with Crippen LogP contribution in [0.5, 0.6) is 11.5 Å². The summed E-state index contributed by atoms with van der Waals surface area (Å²) in [6, 6.07) is 22.6. The average molecular weight is 430 g/mol. The maximum Gasteiger partial charge on any atom is 0.304 e. The molecule has 0 spiro atoms. The number of carbonyl (C=O) groups is 2. The van der Waals surface area contributed by atoms with E-state index in [2.05, 4.69) is 10.7 Å². The minimum absolute atomic E-state index is 0.292. The molecule has 2 atom stereocenters. The summed E-state index contributed by atoms with van der Waals surface area (Å²) >= 11 is 0. The van der Waals surface area contributed by atoms with E-state index < -0.39 is 12.1 Å². The highest BCUT2D eigenvalue weighted by molar-refractivity contribution is 5.98. The SMILES string of the molecule is COc1ccc(C(=O)N[C@H]2C(=O)N/[N+](=C\c3cccc(OC)c3)[C@@H]2c2ccccc2)cc1. The molecule has 32 heavy (non-hydrogen) atoms. The number of hydrazone groups is 1.